The van der Waals surface area contributed by atoms with Crippen LogP contribution in [0.2, 0.25) is 0 Å². The Balaban J connectivity index is 1.72. The first-order valence-electron chi connectivity index (χ1n) is 13.2. The molecule has 1 aromatic heterocycles. The Morgan fingerprint density at radius 2 is 1.63 bits per heavy atom. The van der Waals surface area contributed by atoms with E-state index >= 15 is 0 Å². The minimum Gasteiger partial charge on any atom is -0.494 e. The summed E-state index contributed by atoms with van der Waals surface area (Å²) in [5, 5.41) is 5.27. The fourth-order valence-corrected chi connectivity index (χ4v) is 4.81. The zero-order valence-electron chi connectivity index (χ0n) is 22.6. The largest absolute Gasteiger partial charge is 0.494 e. The number of nitrogens with one attached hydrogen (secondary N) is 1. The number of benzene rings is 2. The highest BCUT2D eigenvalue weighted by atomic mass is 32.1. The monoisotopic (exact) mass is 539 g/mol. The van der Waals surface area contributed by atoms with Crippen molar-refractivity contribution in [1.29, 1.82) is 0 Å². The Morgan fingerprint density at radius 3 is 2.32 bits per heavy atom. The Labute approximate surface area is 229 Å². The van der Waals surface area contributed by atoms with Crippen molar-refractivity contribution in [1.82, 2.24) is 0 Å². The molecule has 3 rings (SSSR count). The molecule has 1 amide bonds. The molecule has 0 unspecified atom stereocenters. The van der Waals surface area contributed by atoms with Gasteiger partial charge < -0.3 is 24.3 Å². The molecule has 0 aliphatic rings. The van der Waals surface area contributed by atoms with Crippen LogP contribution in [0, 0.1) is 0 Å². The zero-order valence-corrected chi connectivity index (χ0v) is 23.4. The maximum atomic E-state index is 12.9. The molecule has 7 nitrogen and oxygen atoms in total. The van der Waals surface area contributed by atoms with Gasteiger partial charge in [0.2, 0.25) is 5.91 Å². The molecule has 0 atom stereocenters. The number of aryl methyl sites for hydroxylation is 1. The molecule has 38 heavy (non-hydrogen) atoms. The van der Waals surface area contributed by atoms with E-state index < -0.39 is 5.97 Å². The zero-order chi connectivity index (χ0) is 27.3. The summed E-state index contributed by atoms with van der Waals surface area (Å²) < 4.78 is 22.4. The first kappa shape index (κ1) is 29.0. The Bertz CT molecular complexity index is 1190. The summed E-state index contributed by atoms with van der Waals surface area (Å²) in [6, 6.07) is 13.3. The van der Waals surface area contributed by atoms with E-state index in [-0.39, 0.29) is 18.9 Å². The molecule has 0 saturated heterocycles. The summed E-state index contributed by atoms with van der Waals surface area (Å²) in [6.45, 7) is 9.72. The van der Waals surface area contributed by atoms with Crippen LogP contribution in [0.4, 0.5) is 5.00 Å². The maximum Gasteiger partial charge on any atom is 0.341 e. The molecule has 0 bridgehead atoms. The van der Waals surface area contributed by atoms with Gasteiger partial charge in [-0.25, -0.2) is 4.79 Å². The number of hydrogen-bond donors (Lipinski definition) is 1. The van der Waals surface area contributed by atoms with E-state index in [2.05, 4.69) is 12.2 Å². The number of amides is 1. The second kappa shape index (κ2) is 15.0. The van der Waals surface area contributed by atoms with E-state index in [1.165, 1.54) is 11.3 Å². The van der Waals surface area contributed by atoms with E-state index in [1.54, 1.807) is 6.92 Å². The molecule has 0 aliphatic carbocycles. The van der Waals surface area contributed by atoms with Crippen molar-refractivity contribution in [2.75, 3.05) is 31.7 Å². The second-order valence-electron chi connectivity index (χ2n) is 8.50. The van der Waals surface area contributed by atoms with E-state index in [4.69, 9.17) is 18.9 Å². The van der Waals surface area contributed by atoms with Gasteiger partial charge in [-0.15, -0.1) is 11.3 Å². The Hall–Kier alpha value is -3.52. The van der Waals surface area contributed by atoms with Gasteiger partial charge in [0.05, 0.1) is 26.4 Å². The fourth-order valence-electron chi connectivity index (χ4n) is 3.83. The molecule has 8 heteroatoms. The quantitative estimate of drug-likeness (QED) is 0.163. The van der Waals surface area contributed by atoms with Gasteiger partial charge in [-0.2, -0.15) is 0 Å². The lowest BCUT2D eigenvalue weighted by Gasteiger charge is -2.13. The van der Waals surface area contributed by atoms with Crippen LogP contribution in [-0.4, -0.2) is 38.3 Å². The number of ether oxygens (including phenoxy) is 4. The molecule has 0 saturated carbocycles. The van der Waals surface area contributed by atoms with Crippen molar-refractivity contribution in [2.45, 2.75) is 53.4 Å². The van der Waals surface area contributed by atoms with E-state index in [0.717, 1.165) is 29.7 Å². The molecule has 204 valence electrons. The number of thiophene rings is 1. The summed E-state index contributed by atoms with van der Waals surface area (Å²) in [5.41, 5.74) is 2.89. The molecular weight excluding hydrogens is 502 g/mol. The molecule has 1 N–H and O–H groups in total. The summed E-state index contributed by atoms with van der Waals surface area (Å²) in [6.07, 6.45) is 2.80. The lowest BCUT2D eigenvalue weighted by Crippen LogP contribution is -2.15. The third-order valence-electron chi connectivity index (χ3n) is 5.70. The fraction of sp³-hybridized carbons (Fsp3) is 0.400. The molecule has 0 aliphatic heterocycles. The van der Waals surface area contributed by atoms with Crippen LogP contribution in [-0.2, 0) is 16.0 Å². The van der Waals surface area contributed by atoms with Crippen LogP contribution in [0.5, 0.6) is 17.2 Å². The van der Waals surface area contributed by atoms with Gasteiger partial charge in [0, 0.05) is 17.4 Å². The van der Waals surface area contributed by atoms with Gasteiger partial charge in [0.25, 0.3) is 0 Å². The lowest BCUT2D eigenvalue weighted by atomic mass is 10.0. The molecule has 0 radical (unpaired) electrons. The van der Waals surface area contributed by atoms with Crippen molar-refractivity contribution in [3.8, 4) is 28.4 Å². The normalized spacial score (nSPS) is 10.6. The van der Waals surface area contributed by atoms with Gasteiger partial charge in [0.1, 0.15) is 16.3 Å². The SMILES string of the molecule is CCCCOc1ccc(CCC(=O)Nc2scc(-c3ccc(OCC)cc3)c2C(=O)OCC)cc1OCC. The molecule has 0 spiro atoms. The third-order valence-corrected chi connectivity index (χ3v) is 6.60. The average molecular weight is 540 g/mol. The number of carbonyl (C=O) groups excluding carboxylic acids is 2. The van der Waals surface area contributed by atoms with Crippen LogP contribution >= 0.6 is 11.3 Å². The van der Waals surface area contributed by atoms with Crippen molar-refractivity contribution in [2.24, 2.45) is 0 Å². The summed E-state index contributed by atoms with van der Waals surface area (Å²) >= 11 is 1.31. The molecule has 0 fully saturated rings. The average Bonchev–Trinajstić information content (AvgIpc) is 3.33. The van der Waals surface area contributed by atoms with Crippen molar-refractivity contribution in [3.63, 3.8) is 0 Å². The van der Waals surface area contributed by atoms with E-state index in [1.807, 2.05) is 61.7 Å². The summed E-state index contributed by atoms with van der Waals surface area (Å²) in [4.78, 5) is 25.8. The minimum absolute atomic E-state index is 0.183. The predicted octanol–water partition coefficient (Wildman–Crippen LogP) is 7.14. The standard InChI is InChI=1S/C30H37NO6S/c1-5-9-18-37-25-16-10-21(19-26(25)35-7-3)11-17-27(32)31-29-28(30(33)36-8-4)24(20-38-29)22-12-14-23(15-13-22)34-6-2/h10,12-16,19-20H,5-9,11,17-18H2,1-4H3,(H,31,32). The van der Waals surface area contributed by atoms with Gasteiger partial charge in [-0.3, -0.25) is 4.79 Å². The molecular formula is C30H37NO6S. The molecule has 2 aromatic carbocycles. The summed E-state index contributed by atoms with van der Waals surface area (Å²) in [7, 11) is 0. The molecule has 1 heterocycles. The highest BCUT2D eigenvalue weighted by molar-refractivity contribution is 7.15. The summed E-state index contributed by atoms with van der Waals surface area (Å²) in [5.74, 6) is 1.51. The highest BCUT2D eigenvalue weighted by Gasteiger charge is 2.23. The Kier molecular flexibility index (Phi) is 11.5. The van der Waals surface area contributed by atoms with E-state index in [9.17, 15) is 9.59 Å². The maximum absolute atomic E-state index is 12.9. The number of hydrogen-bond acceptors (Lipinski definition) is 7. The Morgan fingerprint density at radius 1 is 0.868 bits per heavy atom. The highest BCUT2D eigenvalue weighted by Crippen LogP contribution is 2.37. The van der Waals surface area contributed by atoms with Gasteiger partial charge >= 0.3 is 5.97 Å². The number of anilines is 1. The predicted molar refractivity (Wildman–Crippen MR) is 152 cm³/mol. The number of unbranched alkanes of at least 4 members (excludes halogenated alkanes) is 1. The van der Waals surface area contributed by atoms with Crippen LogP contribution in [0.1, 0.15) is 62.9 Å². The van der Waals surface area contributed by atoms with Crippen LogP contribution in [0.15, 0.2) is 47.8 Å². The first-order valence-corrected chi connectivity index (χ1v) is 14.1. The number of esters is 1. The topological polar surface area (TPSA) is 83.1 Å². The number of carbonyl (C=O) groups is 2. The minimum atomic E-state index is -0.465. The third kappa shape index (κ3) is 7.99. The van der Waals surface area contributed by atoms with Crippen molar-refractivity contribution < 1.29 is 28.5 Å². The van der Waals surface area contributed by atoms with E-state index in [0.29, 0.717) is 53.9 Å². The van der Waals surface area contributed by atoms with Crippen LogP contribution in [0.25, 0.3) is 11.1 Å². The second-order valence-corrected chi connectivity index (χ2v) is 9.38. The van der Waals surface area contributed by atoms with Crippen LogP contribution < -0.4 is 19.5 Å². The van der Waals surface area contributed by atoms with Gasteiger partial charge in [0.15, 0.2) is 11.5 Å². The van der Waals surface area contributed by atoms with Crippen molar-refractivity contribution in [3.05, 3.63) is 59.0 Å². The van der Waals surface area contributed by atoms with Crippen molar-refractivity contribution >= 4 is 28.2 Å². The lowest BCUT2D eigenvalue weighted by molar-refractivity contribution is -0.116. The number of rotatable bonds is 15. The van der Waals surface area contributed by atoms with Gasteiger partial charge in [-0.1, -0.05) is 31.5 Å². The van der Waals surface area contributed by atoms with Crippen LogP contribution in [0.3, 0.4) is 0 Å². The molecule has 3 aromatic rings. The smallest absolute Gasteiger partial charge is 0.341 e. The first-order chi connectivity index (χ1) is 18.5. The van der Waals surface area contributed by atoms with Gasteiger partial charge in [-0.05, 0) is 69.0 Å².